The number of nitrogens with two attached hydrogens (primary N) is 1. The van der Waals surface area contributed by atoms with E-state index in [2.05, 4.69) is 5.10 Å². The third kappa shape index (κ3) is 1.92. The van der Waals surface area contributed by atoms with Crippen LogP contribution in [0.25, 0.3) is 10.9 Å². The number of nitrogens with zero attached hydrogens (tertiary/aromatic N) is 2. The summed E-state index contributed by atoms with van der Waals surface area (Å²) in [7, 11) is 0. The molecule has 0 bridgehead atoms. The van der Waals surface area contributed by atoms with Gasteiger partial charge in [-0.3, -0.25) is 0 Å². The summed E-state index contributed by atoms with van der Waals surface area (Å²) in [5.74, 6) is -0.308. The highest BCUT2D eigenvalue weighted by molar-refractivity contribution is 5.85. The van der Waals surface area contributed by atoms with Crippen LogP contribution in [0.1, 0.15) is 20.8 Å². The normalized spacial score (nSPS) is 11.7. The Morgan fingerprint density at radius 2 is 2.22 bits per heavy atom. The van der Waals surface area contributed by atoms with Gasteiger partial charge in [0.1, 0.15) is 0 Å². The molecule has 5 nitrogen and oxygen atoms in total. The average Bonchev–Trinajstić information content (AvgIpc) is 2.72. The molecule has 0 amide bonds. The second-order valence-corrected chi connectivity index (χ2v) is 4.65. The predicted molar refractivity (Wildman–Crippen MR) is 70.1 cm³/mol. The highest BCUT2D eigenvalue weighted by Crippen LogP contribution is 2.25. The van der Waals surface area contributed by atoms with Crippen molar-refractivity contribution in [2.75, 3.05) is 12.3 Å². The summed E-state index contributed by atoms with van der Waals surface area (Å²) in [5, 5.41) is 5.22. The number of hydrogen-bond acceptors (Lipinski definition) is 4. The topological polar surface area (TPSA) is 70.1 Å². The molecule has 0 fully saturated rings. The number of ether oxygens (including phenoxy) is 1. The van der Waals surface area contributed by atoms with Gasteiger partial charge in [0.05, 0.1) is 18.3 Å². The van der Waals surface area contributed by atoms with E-state index in [1.54, 1.807) is 31.6 Å². The number of aromatic nitrogens is 2. The fraction of sp³-hybridized carbons (Fsp3) is 0.385. The van der Waals surface area contributed by atoms with Gasteiger partial charge in [-0.25, -0.2) is 9.48 Å². The summed E-state index contributed by atoms with van der Waals surface area (Å²) in [6.45, 7) is 5.69. The zero-order valence-corrected chi connectivity index (χ0v) is 10.8. The van der Waals surface area contributed by atoms with Crippen molar-refractivity contribution < 1.29 is 9.53 Å². The highest BCUT2D eigenvalue weighted by Gasteiger charge is 2.33. The molecule has 0 atom stereocenters. The maximum Gasteiger partial charge on any atom is 0.333 e. The first-order chi connectivity index (χ1) is 8.46. The summed E-state index contributed by atoms with van der Waals surface area (Å²) in [6, 6.07) is 5.50. The molecule has 2 aromatic rings. The number of fused-ring (bicyclic) bond motifs is 1. The van der Waals surface area contributed by atoms with Crippen molar-refractivity contribution >= 4 is 22.6 Å². The summed E-state index contributed by atoms with van der Waals surface area (Å²) in [5.41, 5.74) is 6.39. The van der Waals surface area contributed by atoms with Crippen molar-refractivity contribution in [1.29, 1.82) is 0 Å². The summed E-state index contributed by atoms with van der Waals surface area (Å²) >= 11 is 0. The van der Waals surface area contributed by atoms with E-state index in [4.69, 9.17) is 10.5 Å². The van der Waals surface area contributed by atoms with Crippen molar-refractivity contribution in [2.24, 2.45) is 0 Å². The molecule has 0 saturated carbocycles. The number of hydrogen-bond donors (Lipinski definition) is 1. The van der Waals surface area contributed by atoms with Crippen LogP contribution >= 0.6 is 0 Å². The highest BCUT2D eigenvalue weighted by atomic mass is 16.5. The standard InChI is InChI=1S/C13H17N3O2/c1-4-18-12(17)13(2,3)16-11-7-10(14)6-5-9(11)8-15-16/h5-8H,4,14H2,1-3H3. The molecular formula is C13H17N3O2. The van der Waals surface area contributed by atoms with Gasteiger partial charge < -0.3 is 10.5 Å². The van der Waals surface area contributed by atoms with Crippen LogP contribution in [0.3, 0.4) is 0 Å². The molecule has 0 aliphatic carbocycles. The van der Waals surface area contributed by atoms with E-state index in [0.717, 1.165) is 10.9 Å². The molecule has 1 heterocycles. The molecule has 0 aliphatic heterocycles. The molecule has 96 valence electrons. The Labute approximate surface area is 106 Å². The van der Waals surface area contributed by atoms with Crippen molar-refractivity contribution in [1.82, 2.24) is 9.78 Å². The molecule has 2 rings (SSSR count). The lowest BCUT2D eigenvalue weighted by molar-refractivity contribution is -0.152. The fourth-order valence-electron chi connectivity index (χ4n) is 1.88. The van der Waals surface area contributed by atoms with Gasteiger partial charge >= 0.3 is 5.97 Å². The maximum absolute atomic E-state index is 12.0. The van der Waals surface area contributed by atoms with E-state index in [1.165, 1.54) is 0 Å². The quantitative estimate of drug-likeness (QED) is 0.664. The molecule has 0 spiro atoms. The minimum absolute atomic E-state index is 0.308. The van der Waals surface area contributed by atoms with E-state index >= 15 is 0 Å². The van der Waals surface area contributed by atoms with Crippen LogP contribution in [0.4, 0.5) is 5.69 Å². The van der Waals surface area contributed by atoms with Crippen LogP contribution < -0.4 is 5.73 Å². The number of carbonyl (C=O) groups is 1. The van der Waals surface area contributed by atoms with Crippen molar-refractivity contribution in [3.63, 3.8) is 0 Å². The van der Waals surface area contributed by atoms with Crippen molar-refractivity contribution in [2.45, 2.75) is 26.3 Å². The molecule has 0 saturated heterocycles. The van der Waals surface area contributed by atoms with Gasteiger partial charge in [0, 0.05) is 11.1 Å². The summed E-state index contributed by atoms with van der Waals surface area (Å²) in [4.78, 5) is 12.0. The predicted octanol–water partition coefficient (Wildman–Crippen LogP) is 1.92. The summed E-state index contributed by atoms with van der Waals surface area (Å²) in [6.07, 6.45) is 1.72. The summed E-state index contributed by atoms with van der Waals surface area (Å²) < 4.78 is 6.73. The lowest BCUT2D eigenvalue weighted by Crippen LogP contribution is -2.38. The average molecular weight is 247 g/mol. The van der Waals surface area contributed by atoms with E-state index in [-0.39, 0.29) is 5.97 Å². The third-order valence-electron chi connectivity index (χ3n) is 2.90. The fourth-order valence-corrected chi connectivity index (χ4v) is 1.88. The van der Waals surface area contributed by atoms with Gasteiger partial charge in [-0.2, -0.15) is 5.10 Å². The van der Waals surface area contributed by atoms with Crippen LogP contribution in [-0.2, 0) is 15.1 Å². The number of nitrogen functional groups attached to an aromatic ring is 1. The lowest BCUT2D eigenvalue weighted by atomic mass is 10.1. The van der Waals surface area contributed by atoms with Crippen molar-refractivity contribution in [3.05, 3.63) is 24.4 Å². The Morgan fingerprint density at radius 1 is 1.50 bits per heavy atom. The molecule has 1 aromatic heterocycles. The van der Waals surface area contributed by atoms with Crippen LogP contribution in [-0.4, -0.2) is 22.4 Å². The number of carbonyl (C=O) groups excluding carboxylic acids is 1. The molecule has 0 radical (unpaired) electrons. The van der Waals surface area contributed by atoms with E-state index < -0.39 is 5.54 Å². The van der Waals surface area contributed by atoms with Crippen LogP contribution in [0.15, 0.2) is 24.4 Å². The second kappa shape index (κ2) is 4.33. The van der Waals surface area contributed by atoms with Crippen LogP contribution in [0, 0.1) is 0 Å². The molecule has 1 aromatic carbocycles. The monoisotopic (exact) mass is 247 g/mol. The number of esters is 1. The molecule has 5 heteroatoms. The number of rotatable bonds is 3. The van der Waals surface area contributed by atoms with E-state index in [1.807, 2.05) is 18.2 Å². The largest absolute Gasteiger partial charge is 0.464 e. The van der Waals surface area contributed by atoms with Crippen LogP contribution in [0.5, 0.6) is 0 Å². The zero-order valence-electron chi connectivity index (χ0n) is 10.8. The van der Waals surface area contributed by atoms with E-state index in [9.17, 15) is 4.79 Å². The van der Waals surface area contributed by atoms with Gasteiger partial charge in [-0.15, -0.1) is 0 Å². The SMILES string of the molecule is CCOC(=O)C(C)(C)n1ncc2ccc(N)cc21. The van der Waals surface area contributed by atoms with Gasteiger partial charge in [-0.05, 0) is 39.0 Å². The molecule has 2 N–H and O–H groups in total. The Hall–Kier alpha value is -2.04. The molecular weight excluding hydrogens is 230 g/mol. The van der Waals surface area contributed by atoms with Gasteiger partial charge in [0.25, 0.3) is 0 Å². The first-order valence-corrected chi connectivity index (χ1v) is 5.87. The van der Waals surface area contributed by atoms with Gasteiger partial charge in [-0.1, -0.05) is 0 Å². The lowest BCUT2D eigenvalue weighted by Gasteiger charge is -2.23. The van der Waals surface area contributed by atoms with Crippen molar-refractivity contribution in [3.8, 4) is 0 Å². The Balaban J connectivity index is 2.53. The minimum atomic E-state index is -0.856. The minimum Gasteiger partial charge on any atom is -0.464 e. The Bertz CT molecular complexity index is 587. The molecule has 18 heavy (non-hydrogen) atoms. The van der Waals surface area contributed by atoms with Gasteiger partial charge in [0.2, 0.25) is 0 Å². The Kier molecular flexibility index (Phi) is 2.98. The molecule has 0 unspecified atom stereocenters. The molecule has 0 aliphatic rings. The third-order valence-corrected chi connectivity index (χ3v) is 2.90. The Morgan fingerprint density at radius 3 is 2.89 bits per heavy atom. The van der Waals surface area contributed by atoms with E-state index in [0.29, 0.717) is 12.3 Å². The zero-order chi connectivity index (χ0) is 13.3. The smallest absolute Gasteiger partial charge is 0.333 e. The second-order valence-electron chi connectivity index (χ2n) is 4.65. The first kappa shape index (κ1) is 12.4. The van der Waals surface area contributed by atoms with Crippen LogP contribution in [0.2, 0.25) is 0 Å². The number of benzene rings is 1. The first-order valence-electron chi connectivity index (χ1n) is 5.87. The van der Waals surface area contributed by atoms with Gasteiger partial charge in [0.15, 0.2) is 5.54 Å². The maximum atomic E-state index is 12.0. The number of anilines is 1.